The summed E-state index contributed by atoms with van der Waals surface area (Å²) in [5.41, 5.74) is 0.585. The summed E-state index contributed by atoms with van der Waals surface area (Å²) in [6.45, 7) is 10.1. The topological polar surface area (TPSA) is 20.2 Å². The van der Waals surface area contributed by atoms with Crippen molar-refractivity contribution in [1.29, 1.82) is 0 Å². The Morgan fingerprint density at radius 1 is 1.45 bits per heavy atom. The summed E-state index contributed by atoms with van der Waals surface area (Å²) in [4.78, 5) is 0. The van der Waals surface area contributed by atoms with Gasteiger partial charge in [-0.1, -0.05) is 32.4 Å². The molecule has 11 heavy (non-hydrogen) atoms. The Balaban J connectivity index is 4.48. The molecule has 0 fully saturated rings. The second-order valence-electron chi connectivity index (χ2n) is 3.72. The van der Waals surface area contributed by atoms with Crippen molar-refractivity contribution in [2.24, 2.45) is 5.92 Å². The number of rotatable bonds is 3. The van der Waals surface area contributed by atoms with Gasteiger partial charge in [-0.05, 0) is 26.2 Å². The fourth-order valence-corrected chi connectivity index (χ4v) is 1.18. The molecule has 0 aromatic carbocycles. The molecular weight excluding hydrogens is 136 g/mol. The lowest BCUT2D eigenvalue weighted by molar-refractivity contribution is 0.0388. The zero-order chi connectivity index (χ0) is 9.07. The first-order valence-electron chi connectivity index (χ1n) is 4.30. The third-order valence-corrected chi connectivity index (χ3v) is 2.10. The fraction of sp³-hybridized carbons (Fsp3) is 0.800. The van der Waals surface area contributed by atoms with Crippen molar-refractivity contribution < 1.29 is 5.11 Å². The molecule has 1 heteroatoms. The predicted molar refractivity (Wildman–Crippen MR) is 49.5 cm³/mol. The van der Waals surface area contributed by atoms with E-state index in [0.717, 1.165) is 6.42 Å². The molecular formula is C10H20O. The van der Waals surface area contributed by atoms with E-state index in [-0.39, 0.29) is 0 Å². The molecule has 0 saturated heterocycles. The van der Waals surface area contributed by atoms with Crippen molar-refractivity contribution in [1.82, 2.24) is 0 Å². The molecule has 0 amide bonds. The normalized spacial score (nSPS) is 16.3. The summed E-state index contributed by atoms with van der Waals surface area (Å²) in [6.07, 6.45) is 2.74. The first-order chi connectivity index (χ1) is 4.92. The first kappa shape index (κ1) is 10.7. The lowest BCUT2D eigenvalue weighted by Crippen LogP contribution is -2.31. The molecule has 1 N–H and O–H groups in total. The molecule has 66 valence electrons. The van der Waals surface area contributed by atoms with Gasteiger partial charge < -0.3 is 5.11 Å². The highest BCUT2D eigenvalue weighted by Gasteiger charge is 2.25. The first-order valence-corrected chi connectivity index (χ1v) is 4.30. The molecule has 0 spiro atoms. The van der Waals surface area contributed by atoms with Crippen LogP contribution in [-0.4, -0.2) is 10.7 Å². The van der Waals surface area contributed by atoms with Crippen LogP contribution in [0, 0.1) is 5.92 Å². The molecule has 1 nitrogen and oxygen atoms in total. The fourth-order valence-electron chi connectivity index (χ4n) is 1.18. The Morgan fingerprint density at radius 3 is 2.00 bits per heavy atom. The summed E-state index contributed by atoms with van der Waals surface area (Å²) in [5, 5.41) is 9.99. The molecule has 1 atom stereocenters. The quantitative estimate of drug-likeness (QED) is 0.623. The highest BCUT2D eigenvalue weighted by Crippen LogP contribution is 2.23. The van der Waals surface area contributed by atoms with Crippen molar-refractivity contribution in [3.05, 3.63) is 11.6 Å². The van der Waals surface area contributed by atoms with E-state index >= 15 is 0 Å². The average Bonchev–Trinajstić information content (AvgIpc) is 1.86. The smallest absolute Gasteiger partial charge is 0.0850 e. The number of allylic oxidation sites excluding steroid dienone is 1. The standard InChI is InChI=1S/C10H20O/c1-6-10(11,9(4)5)7-8(2)3/h7,9,11H,6H2,1-5H3. The second kappa shape index (κ2) is 3.91. The Labute approximate surface area is 70.1 Å². The Morgan fingerprint density at radius 2 is 1.91 bits per heavy atom. The molecule has 0 aromatic rings. The third kappa shape index (κ3) is 3.06. The highest BCUT2D eigenvalue weighted by molar-refractivity contribution is 5.07. The molecule has 0 rings (SSSR count). The van der Waals surface area contributed by atoms with Crippen LogP contribution in [0.2, 0.25) is 0 Å². The van der Waals surface area contributed by atoms with Gasteiger partial charge in [0.15, 0.2) is 0 Å². The Bertz CT molecular complexity index is 143. The third-order valence-electron chi connectivity index (χ3n) is 2.10. The van der Waals surface area contributed by atoms with E-state index in [0.29, 0.717) is 5.92 Å². The van der Waals surface area contributed by atoms with Crippen LogP contribution >= 0.6 is 0 Å². The van der Waals surface area contributed by atoms with Crippen molar-refractivity contribution in [3.8, 4) is 0 Å². The SMILES string of the molecule is CCC(O)(C=C(C)C)C(C)C. The van der Waals surface area contributed by atoms with Gasteiger partial charge >= 0.3 is 0 Å². The molecule has 0 saturated carbocycles. The summed E-state index contributed by atoms with van der Waals surface area (Å²) in [5.74, 6) is 0.294. The summed E-state index contributed by atoms with van der Waals surface area (Å²) in [7, 11) is 0. The minimum absolute atomic E-state index is 0.294. The van der Waals surface area contributed by atoms with Gasteiger partial charge in [-0.15, -0.1) is 0 Å². The van der Waals surface area contributed by atoms with E-state index in [9.17, 15) is 5.11 Å². The summed E-state index contributed by atoms with van der Waals surface area (Å²) < 4.78 is 0. The number of hydrogen-bond acceptors (Lipinski definition) is 1. The van der Waals surface area contributed by atoms with Crippen LogP contribution in [0.1, 0.15) is 41.0 Å². The van der Waals surface area contributed by atoms with E-state index < -0.39 is 5.60 Å². The molecule has 0 aromatic heterocycles. The highest BCUT2D eigenvalue weighted by atomic mass is 16.3. The number of aliphatic hydroxyl groups is 1. The van der Waals surface area contributed by atoms with Gasteiger partial charge in [-0.2, -0.15) is 0 Å². The van der Waals surface area contributed by atoms with Crippen LogP contribution in [0.5, 0.6) is 0 Å². The molecule has 0 aliphatic carbocycles. The van der Waals surface area contributed by atoms with Crippen molar-refractivity contribution in [2.45, 2.75) is 46.6 Å². The lowest BCUT2D eigenvalue weighted by Gasteiger charge is -2.28. The van der Waals surface area contributed by atoms with Crippen molar-refractivity contribution in [2.75, 3.05) is 0 Å². The van der Waals surface area contributed by atoms with Gasteiger partial charge in [0.25, 0.3) is 0 Å². The molecule has 1 unspecified atom stereocenters. The maximum atomic E-state index is 9.99. The van der Waals surface area contributed by atoms with Crippen molar-refractivity contribution in [3.63, 3.8) is 0 Å². The predicted octanol–water partition coefficient (Wildman–Crippen LogP) is 2.75. The minimum atomic E-state index is -0.598. The van der Waals surface area contributed by atoms with E-state index in [1.54, 1.807) is 0 Å². The van der Waals surface area contributed by atoms with Gasteiger partial charge in [0.1, 0.15) is 0 Å². The van der Waals surface area contributed by atoms with Crippen LogP contribution in [0.15, 0.2) is 11.6 Å². The average molecular weight is 156 g/mol. The van der Waals surface area contributed by atoms with E-state index in [1.165, 1.54) is 5.57 Å². The molecule has 0 aliphatic heterocycles. The molecule has 0 heterocycles. The zero-order valence-corrected chi connectivity index (χ0v) is 8.31. The molecule has 0 bridgehead atoms. The van der Waals surface area contributed by atoms with E-state index in [4.69, 9.17) is 0 Å². The Hall–Kier alpha value is -0.300. The maximum absolute atomic E-state index is 9.99. The largest absolute Gasteiger partial charge is 0.386 e. The summed E-state index contributed by atoms with van der Waals surface area (Å²) >= 11 is 0. The van der Waals surface area contributed by atoms with Crippen molar-refractivity contribution >= 4 is 0 Å². The minimum Gasteiger partial charge on any atom is -0.386 e. The van der Waals surface area contributed by atoms with Crippen LogP contribution in [-0.2, 0) is 0 Å². The van der Waals surface area contributed by atoms with Crippen LogP contribution in [0.25, 0.3) is 0 Å². The van der Waals surface area contributed by atoms with Gasteiger partial charge in [-0.3, -0.25) is 0 Å². The van der Waals surface area contributed by atoms with Gasteiger partial charge in [0.05, 0.1) is 5.60 Å². The second-order valence-corrected chi connectivity index (χ2v) is 3.72. The van der Waals surface area contributed by atoms with Crippen LogP contribution in [0.4, 0.5) is 0 Å². The zero-order valence-electron chi connectivity index (χ0n) is 8.31. The lowest BCUT2D eigenvalue weighted by atomic mass is 9.86. The van der Waals surface area contributed by atoms with Gasteiger partial charge in [0.2, 0.25) is 0 Å². The van der Waals surface area contributed by atoms with Crippen LogP contribution in [0.3, 0.4) is 0 Å². The monoisotopic (exact) mass is 156 g/mol. The van der Waals surface area contributed by atoms with Gasteiger partial charge in [-0.25, -0.2) is 0 Å². The van der Waals surface area contributed by atoms with E-state index in [2.05, 4.69) is 0 Å². The molecule has 0 aliphatic rings. The van der Waals surface area contributed by atoms with Crippen LogP contribution < -0.4 is 0 Å². The van der Waals surface area contributed by atoms with E-state index in [1.807, 2.05) is 40.7 Å². The number of hydrogen-bond donors (Lipinski definition) is 1. The summed E-state index contributed by atoms with van der Waals surface area (Å²) in [6, 6.07) is 0. The molecule has 0 radical (unpaired) electrons. The van der Waals surface area contributed by atoms with Gasteiger partial charge in [0, 0.05) is 0 Å². The Kier molecular flexibility index (Phi) is 3.81. The maximum Gasteiger partial charge on any atom is 0.0850 e.